The lowest BCUT2D eigenvalue weighted by molar-refractivity contribution is -0.577. The lowest BCUT2D eigenvalue weighted by atomic mass is 10.0. The Balaban J connectivity index is 2.06. The highest BCUT2D eigenvalue weighted by Crippen LogP contribution is 2.19. The fourth-order valence-corrected chi connectivity index (χ4v) is 2.94. The Hall–Kier alpha value is -3.05. The second kappa shape index (κ2) is 8.10. The zero-order chi connectivity index (χ0) is 19.4. The molecule has 0 saturated heterocycles. The Morgan fingerprint density at radius 1 is 0.963 bits per heavy atom. The summed E-state index contributed by atoms with van der Waals surface area (Å²) in [6.07, 6.45) is 3.54. The second-order valence-corrected chi connectivity index (χ2v) is 6.63. The van der Waals surface area contributed by atoms with Crippen molar-refractivity contribution in [2.75, 3.05) is 5.32 Å². The Labute approximate surface area is 163 Å². The van der Waals surface area contributed by atoms with E-state index >= 15 is 0 Å². The fraction of sp³-hybridized carbons (Fsp3) is 0.0909. The molecule has 0 bridgehead atoms. The van der Waals surface area contributed by atoms with E-state index in [0.29, 0.717) is 16.9 Å². The van der Waals surface area contributed by atoms with Crippen molar-refractivity contribution in [3.05, 3.63) is 95.6 Å². The molecule has 0 aliphatic rings. The number of hydrogen-bond donors (Lipinski definition) is 1. The minimum Gasteiger partial charge on any atom is -0.867 e. The molecule has 0 aliphatic heterocycles. The van der Waals surface area contributed by atoms with Crippen molar-refractivity contribution in [1.29, 1.82) is 0 Å². The van der Waals surface area contributed by atoms with Crippen molar-refractivity contribution in [1.82, 2.24) is 0 Å². The van der Waals surface area contributed by atoms with Gasteiger partial charge in [0, 0.05) is 17.8 Å². The van der Waals surface area contributed by atoms with Gasteiger partial charge in [0.25, 0.3) is 0 Å². The molecule has 0 unspecified atom stereocenters. The molecular weight excluding hydrogens is 359 g/mol. The first-order chi connectivity index (χ1) is 13.0. The molecular formula is C22H19FN2OS. The number of anilines is 1. The molecule has 0 saturated carbocycles. The number of halogens is 1. The molecule has 136 valence electrons. The van der Waals surface area contributed by atoms with Gasteiger partial charge in [-0.25, -0.2) is 4.39 Å². The molecule has 0 aliphatic carbocycles. The van der Waals surface area contributed by atoms with Gasteiger partial charge in [-0.3, -0.25) is 0 Å². The summed E-state index contributed by atoms with van der Waals surface area (Å²) < 4.78 is 14.8. The Morgan fingerprint density at radius 2 is 1.63 bits per heavy atom. The smallest absolute Gasteiger partial charge is 0.238 e. The average Bonchev–Trinajstić information content (AvgIpc) is 2.67. The molecule has 1 aromatic heterocycles. The number of benzene rings is 2. The van der Waals surface area contributed by atoms with Crippen LogP contribution in [0.3, 0.4) is 0 Å². The Bertz CT molecular complexity index is 999. The average molecular weight is 378 g/mol. The maximum Gasteiger partial charge on any atom is 0.238 e. The molecule has 0 spiro atoms. The van der Waals surface area contributed by atoms with Gasteiger partial charge in [-0.15, -0.1) is 0 Å². The van der Waals surface area contributed by atoms with Crippen LogP contribution in [0.15, 0.2) is 73.1 Å². The maximum atomic E-state index is 13.2. The molecule has 3 nitrogen and oxygen atoms in total. The van der Waals surface area contributed by atoms with Crippen LogP contribution in [0.4, 0.5) is 10.1 Å². The molecule has 5 heteroatoms. The van der Waals surface area contributed by atoms with E-state index in [0.717, 1.165) is 11.1 Å². The lowest BCUT2D eigenvalue weighted by Crippen LogP contribution is -2.39. The van der Waals surface area contributed by atoms with E-state index in [-0.39, 0.29) is 16.6 Å². The van der Waals surface area contributed by atoms with Gasteiger partial charge in [-0.1, -0.05) is 36.5 Å². The van der Waals surface area contributed by atoms with Gasteiger partial charge in [0.2, 0.25) is 5.70 Å². The topological polar surface area (TPSA) is 39.0 Å². The molecule has 0 atom stereocenters. The normalized spacial score (nSPS) is 11.7. The molecule has 0 fully saturated rings. The molecule has 3 rings (SSSR count). The minimum atomic E-state index is -0.334. The highest BCUT2D eigenvalue weighted by molar-refractivity contribution is 7.81. The Kier molecular flexibility index (Phi) is 5.62. The molecule has 0 amide bonds. The SMILES string of the molecule is Cc1ccc(C([O-])=C(C(=S)Nc2ccc(F)cc2)[n+]2ccccc2)cc1C. The number of rotatable bonds is 4. The van der Waals surface area contributed by atoms with Crippen LogP contribution in [0, 0.1) is 19.7 Å². The highest BCUT2D eigenvalue weighted by atomic mass is 32.1. The van der Waals surface area contributed by atoms with E-state index in [1.54, 1.807) is 35.2 Å². The van der Waals surface area contributed by atoms with E-state index in [2.05, 4.69) is 5.32 Å². The summed E-state index contributed by atoms with van der Waals surface area (Å²) in [6, 6.07) is 16.9. The van der Waals surface area contributed by atoms with Crippen LogP contribution in [-0.4, -0.2) is 4.99 Å². The van der Waals surface area contributed by atoms with Gasteiger partial charge in [0.15, 0.2) is 17.4 Å². The fourth-order valence-electron chi connectivity index (χ4n) is 2.63. The van der Waals surface area contributed by atoms with Gasteiger partial charge < -0.3 is 10.4 Å². The van der Waals surface area contributed by atoms with E-state index in [1.165, 1.54) is 12.1 Å². The highest BCUT2D eigenvalue weighted by Gasteiger charge is 2.18. The van der Waals surface area contributed by atoms with Crippen LogP contribution in [0.25, 0.3) is 11.5 Å². The van der Waals surface area contributed by atoms with Crippen LogP contribution in [0.5, 0.6) is 0 Å². The molecule has 0 radical (unpaired) electrons. The largest absolute Gasteiger partial charge is 0.867 e. The maximum absolute atomic E-state index is 13.2. The van der Waals surface area contributed by atoms with E-state index in [1.807, 2.05) is 44.2 Å². The van der Waals surface area contributed by atoms with Crippen molar-refractivity contribution in [3.8, 4) is 0 Å². The summed E-state index contributed by atoms with van der Waals surface area (Å²) >= 11 is 5.52. The van der Waals surface area contributed by atoms with Crippen molar-refractivity contribution in [2.45, 2.75) is 13.8 Å². The first-order valence-corrected chi connectivity index (χ1v) is 8.89. The molecule has 1 N–H and O–H groups in total. The third-order valence-electron chi connectivity index (χ3n) is 4.28. The summed E-state index contributed by atoms with van der Waals surface area (Å²) in [5, 5.41) is 16.3. The number of pyridine rings is 1. The number of nitrogens with one attached hydrogen (secondary N) is 1. The van der Waals surface area contributed by atoms with E-state index in [4.69, 9.17) is 12.2 Å². The summed E-state index contributed by atoms with van der Waals surface area (Å²) in [6.45, 7) is 3.97. The molecule has 3 aromatic rings. The zero-order valence-electron chi connectivity index (χ0n) is 15.1. The number of aryl methyl sites for hydroxylation is 2. The van der Waals surface area contributed by atoms with Crippen LogP contribution in [0.2, 0.25) is 0 Å². The predicted molar refractivity (Wildman–Crippen MR) is 108 cm³/mol. The lowest BCUT2D eigenvalue weighted by Gasteiger charge is -2.18. The van der Waals surface area contributed by atoms with Crippen molar-refractivity contribution in [3.63, 3.8) is 0 Å². The number of thiocarbonyl (C=S) groups is 1. The van der Waals surface area contributed by atoms with Gasteiger partial charge in [0.05, 0.1) is 0 Å². The second-order valence-electron chi connectivity index (χ2n) is 6.22. The van der Waals surface area contributed by atoms with Crippen molar-refractivity contribution >= 4 is 34.3 Å². The first-order valence-electron chi connectivity index (χ1n) is 8.48. The summed E-state index contributed by atoms with van der Waals surface area (Å²) in [5.41, 5.74) is 3.66. The summed E-state index contributed by atoms with van der Waals surface area (Å²) in [5.74, 6) is -0.520. The van der Waals surface area contributed by atoms with Crippen molar-refractivity contribution in [2.24, 2.45) is 0 Å². The standard InChI is InChI=1S/C22H19FN2OS/c1-15-6-7-17(14-16(15)2)21(26)20(25-12-4-3-5-13-25)22(27)24-19-10-8-18(23)9-11-19/h3-14H,1-2H3,(H-,24,26,27). The molecule has 27 heavy (non-hydrogen) atoms. The predicted octanol–water partition coefficient (Wildman–Crippen LogP) is 3.86. The van der Waals surface area contributed by atoms with Gasteiger partial charge in [-0.05, 0) is 60.6 Å². The molecule has 2 aromatic carbocycles. The third kappa shape index (κ3) is 4.38. The van der Waals surface area contributed by atoms with E-state index < -0.39 is 0 Å². The van der Waals surface area contributed by atoms with Crippen LogP contribution < -0.4 is 15.0 Å². The number of hydrogen-bond acceptors (Lipinski definition) is 2. The third-order valence-corrected chi connectivity index (χ3v) is 4.57. The van der Waals surface area contributed by atoms with Gasteiger partial charge in [0.1, 0.15) is 5.82 Å². The summed E-state index contributed by atoms with van der Waals surface area (Å²) in [4.78, 5) is 0.265. The monoisotopic (exact) mass is 378 g/mol. The van der Waals surface area contributed by atoms with Crippen LogP contribution >= 0.6 is 12.2 Å². The molecule has 1 heterocycles. The van der Waals surface area contributed by atoms with Gasteiger partial charge >= 0.3 is 0 Å². The Morgan fingerprint density at radius 3 is 2.26 bits per heavy atom. The summed E-state index contributed by atoms with van der Waals surface area (Å²) in [7, 11) is 0. The minimum absolute atomic E-state index is 0.186. The van der Waals surface area contributed by atoms with Gasteiger partial charge in [-0.2, -0.15) is 4.57 Å². The number of nitrogens with zero attached hydrogens (tertiary/aromatic N) is 1. The van der Waals surface area contributed by atoms with E-state index in [9.17, 15) is 9.50 Å². The first kappa shape index (κ1) is 18.7. The van der Waals surface area contributed by atoms with Crippen molar-refractivity contribution < 1.29 is 14.1 Å². The van der Waals surface area contributed by atoms with Crippen LogP contribution in [0.1, 0.15) is 16.7 Å². The quantitative estimate of drug-likeness (QED) is 0.324. The number of aromatic nitrogens is 1. The van der Waals surface area contributed by atoms with Crippen LogP contribution in [-0.2, 0) is 0 Å². The zero-order valence-corrected chi connectivity index (χ0v) is 15.9.